The molecule has 2 heterocycles. The molecule has 0 bridgehead atoms. The van der Waals surface area contributed by atoms with Gasteiger partial charge in [-0.05, 0) is 44.4 Å². The number of ether oxygens (including phenoxy) is 1. The van der Waals surface area contributed by atoms with Gasteiger partial charge in [0.15, 0.2) is 5.78 Å². The lowest BCUT2D eigenvalue weighted by Crippen LogP contribution is -2.41. The topological polar surface area (TPSA) is 81.8 Å². The van der Waals surface area contributed by atoms with Gasteiger partial charge in [-0.1, -0.05) is 6.42 Å². The standard InChI is InChI=1S/C21H26N2O5/c1-13-18(14(2)22(3)19(13)21(26)27-4)17(24)12-23(11-16-9-6-10-28-16)20(25)15-7-5-8-15/h6,9-10,15H,5,7-8,11-12H2,1-4H3. The number of hydrogen-bond acceptors (Lipinski definition) is 5. The second-order valence-electron chi connectivity index (χ2n) is 7.31. The lowest BCUT2D eigenvalue weighted by Gasteiger charge is -2.31. The SMILES string of the molecule is COC(=O)c1c(C)c(C(=O)CN(Cc2ccco2)C(=O)C2CCC2)c(C)n1C. The average molecular weight is 386 g/mol. The largest absolute Gasteiger partial charge is 0.467 e. The summed E-state index contributed by atoms with van der Waals surface area (Å²) in [6.45, 7) is 3.72. The molecule has 0 spiro atoms. The van der Waals surface area contributed by atoms with Crippen LogP contribution in [0.25, 0.3) is 0 Å². The molecular weight excluding hydrogens is 360 g/mol. The van der Waals surface area contributed by atoms with E-state index in [1.54, 1.807) is 48.8 Å². The van der Waals surface area contributed by atoms with Crippen LogP contribution in [0, 0.1) is 19.8 Å². The molecule has 7 heteroatoms. The van der Waals surface area contributed by atoms with E-state index >= 15 is 0 Å². The lowest BCUT2D eigenvalue weighted by atomic mass is 9.84. The molecular formula is C21H26N2O5. The molecule has 2 aromatic heterocycles. The highest BCUT2D eigenvalue weighted by molar-refractivity contribution is 6.04. The Bertz CT molecular complexity index is 891. The van der Waals surface area contributed by atoms with E-state index < -0.39 is 5.97 Å². The molecule has 7 nitrogen and oxygen atoms in total. The molecule has 1 amide bonds. The summed E-state index contributed by atoms with van der Waals surface area (Å²) in [5, 5.41) is 0. The summed E-state index contributed by atoms with van der Waals surface area (Å²) in [4.78, 5) is 39.7. The van der Waals surface area contributed by atoms with Gasteiger partial charge in [0.1, 0.15) is 11.5 Å². The maximum Gasteiger partial charge on any atom is 0.354 e. The van der Waals surface area contributed by atoms with Gasteiger partial charge in [-0.2, -0.15) is 0 Å². The highest BCUT2D eigenvalue weighted by atomic mass is 16.5. The fourth-order valence-corrected chi connectivity index (χ4v) is 3.74. The normalized spacial score (nSPS) is 13.9. The number of hydrogen-bond donors (Lipinski definition) is 0. The Kier molecular flexibility index (Phi) is 5.72. The number of carbonyl (C=O) groups excluding carboxylic acids is 3. The van der Waals surface area contributed by atoms with Crippen molar-refractivity contribution in [2.45, 2.75) is 39.7 Å². The monoisotopic (exact) mass is 386 g/mol. The number of amides is 1. The number of esters is 1. The molecule has 1 saturated carbocycles. The third-order valence-electron chi connectivity index (χ3n) is 5.62. The van der Waals surface area contributed by atoms with Crippen molar-refractivity contribution >= 4 is 17.7 Å². The zero-order chi connectivity index (χ0) is 20.4. The summed E-state index contributed by atoms with van der Waals surface area (Å²) in [7, 11) is 3.04. The van der Waals surface area contributed by atoms with Gasteiger partial charge in [0.2, 0.25) is 5.91 Å². The summed E-state index contributed by atoms with van der Waals surface area (Å²) in [6, 6.07) is 3.55. The van der Waals surface area contributed by atoms with Crippen LogP contribution in [0.5, 0.6) is 0 Å². The first-order valence-corrected chi connectivity index (χ1v) is 9.43. The van der Waals surface area contributed by atoms with Crippen LogP contribution in [0.15, 0.2) is 22.8 Å². The number of ketones is 1. The molecule has 0 unspecified atom stereocenters. The van der Waals surface area contributed by atoms with Gasteiger partial charge < -0.3 is 18.6 Å². The summed E-state index contributed by atoms with van der Waals surface area (Å²) in [5.41, 5.74) is 2.07. The van der Waals surface area contributed by atoms with Crippen LogP contribution >= 0.6 is 0 Å². The highest BCUT2D eigenvalue weighted by Crippen LogP contribution is 2.29. The van der Waals surface area contributed by atoms with Gasteiger partial charge in [0.05, 0.1) is 26.5 Å². The molecule has 0 aromatic carbocycles. The van der Waals surface area contributed by atoms with Crippen LogP contribution < -0.4 is 0 Å². The summed E-state index contributed by atoms with van der Waals surface area (Å²) in [6.07, 6.45) is 4.31. The van der Waals surface area contributed by atoms with E-state index in [9.17, 15) is 14.4 Å². The van der Waals surface area contributed by atoms with Crippen molar-refractivity contribution in [2.75, 3.05) is 13.7 Å². The summed E-state index contributed by atoms with van der Waals surface area (Å²) >= 11 is 0. The number of furan rings is 1. The summed E-state index contributed by atoms with van der Waals surface area (Å²) in [5.74, 6) is -0.0841. The molecule has 2 aromatic rings. The van der Waals surface area contributed by atoms with Crippen molar-refractivity contribution in [3.63, 3.8) is 0 Å². The van der Waals surface area contributed by atoms with Gasteiger partial charge in [0.25, 0.3) is 0 Å². The average Bonchev–Trinajstić information content (AvgIpc) is 3.19. The maximum absolute atomic E-state index is 13.1. The van der Waals surface area contributed by atoms with Crippen molar-refractivity contribution in [2.24, 2.45) is 13.0 Å². The molecule has 3 rings (SSSR count). The van der Waals surface area contributed by atoms with Crippen LogP contribution in [-0.4, -0.2) is 40.8 Å². The Morgan fingerprint density at radius 3 is 2.54 bits per heavy atom. The van der Waals surface area contributed by atoms with Crippen molar-refractivity contribution in [3.05, 3.63) is 46.7 Å². The second-order valence-corrected chi connectivity index (χ2v) is 7.31. The zero-order valence-electron chi connectivity index (χ0n) is 16.8. The molecule has 0 N–H and O–H groups in total. The Morgan fingerprint density at radius 2 is 2.00 bits per heavy atom. The number of Topliss-reactive ketones (excluding diaryl/α,β-unsaturated/α-hetero) is 1. The minimum Gasteiger partial charge on any atom is -0.467 e. The van der Waals surface area contributed by atoms with Crippen molar-refractivity contribution in [3.8, 4) is 0 Å². The Balaban J connectivity index is 1.87. The van der Waals surface area contributed by atoms with Gasteiger partial charge in [-0.25, -0.2) is 4.79 Å². The molecule has 150 valence electrons. The van der Waals surface area contributed by atoms with Crippen LogP contribution in [-0.2, 0) is 23.1 Å². The zero-order valence-corrected chi connectivity index (χ0v) is 16.8. The van der Waals surface area contributed by atoms with E-state index in [0.717, 1.165) is 19.3 Å². The van der Waals surface area contributed by atoms with Gasteiger partial charge >= 0.3 is 5.97 Å². The fraction of sp³-hybridized carbons (Fsp3) is 0.476. The number of methoxy groups -OCH3 is 1. The first kappa shape index (κ1) is 19.9. The predicted octanol–water partition coefficient (Wildman–Crippen LogP) is 3.03. The third kappa shape index (κ3) is 3.61. The van der Waals surface area contributed by atoms with Gasteiger partial charge in [-0.3, -0.25) is 9.59 Å². The predicted molar refractivity (Wildman–Crippen MR) is 102 cm³/mol. The molecule has 28 heavy (non-hydrogen) atoms. The first-order valence-electron chi connectivity index (χ1n) is 9.43. The minimum absolute atomic E-state index is 0.0181. The van der Waals surface area contributed by atoms with E-state index in [4.69, 9.17) is 9.15 Å². The van der Waals surface area contributed by atoms with Gasteiger partial charge in [0, 0.05) is 24.2 Å². The molecule has 0 aliphatic heterocycles. The van der Waals surface area contributed by atoms with Crippen LogP contribution in [0.1, 0.15) is 57.1 Å². The van der Waals surface area contributed by atoms with Crippen molar-refractivity contribution in [1.29, 1.82) is 0 Å². The first-order chi connectivity index (χ1) is 13.3. The van der Waals surface area contributed by atoms with Crippen molar-refractivity contribution in [1.82, 2.24) is 9.47 Å². The summed E-state index contributed by atoms with van der Waals surface area (Å²) < 4.78 is 11.9. The fourth-order valence-electron chi connectivity index (χ4n) is 3.74. The number of rotatable bonds is 7. The minimum atomic E-state index is -0.486. The van der Waals surface area contributed by atoms with E-state index in [1.165, 1.54) is 7.11 Å². The lowest BCUT2D eigenvalue weighted by molar-refractivity contribution is -0.138. The van der Waals surface area contributed by atoms with E-state index in [-0.39, 0.29) is 30.7 Å². The van der Waals surface area contributed by atoms with E-state index in [1.807, 2.05) is 0 Å². The number of nitrogens with zero attached hydrogens (tertiary/aromatic N) is 2. The molecule has 1 aliphatic rings. The highest BCUT2D eigenvalue weighted by Gasteiger charge is 2.32. The molecule has 0 radical (unpaired) electrons. The molecule has 1 aliphatic carbocycles. The smallest absolute Gasteiger partial charge is 0.354 e. The van der Waals surface area contributed by atoms with Crippen molar-refractivity contribution < 1.29 is 23.5 Å². The Hall–Kier alpha value is -2.83. The third-order valence-corrected chi connectivity index (χ3v) is 5.62. The molecule has 0 saturated heterocycles. The van der Waals surface area contributed by atoms with E-state index in [2.05, 4.69) is 0 Å². The Morgan fingerprint density at radius 1 is 1.29 bits per heavy atom. The quantitative estimate of drug-likeness (QED) is 0.540. The maximum atomic E-state index is 13.1. The van der Waals surface area contributed by atoms with Gasteiger partial charge in [-0.15, -0.1) is 0 Å². The molecule has 0 atom stereocenters. The second kappa shape index (κ2) is 8.04. The van der Waals surface area contributed by atoms with Crippen LogP contribution in [0.2, 0.25) is 0 Å². The number of carbonyl (C=O) groups is 3. The van der Waals surface area contributed by atoms with Crippen LogP contribution in [0.3, 0.4) is 0 Å². The number of aromatic nitrogens is 1. The Labute approximate surface area is 164 Å². The molecule has 1 fully saturated rings. The van der Waals surface area contributed by atoms with E-state index in [0.29, 0.717) is 28.3 Å². The van der Waals surface area contributed by atoms with Crippen LogP contribution in [0.4, 0.5) is 0 Å².